The third-order valence-corrected chi connectivity index (χ3v) is 6.53. The largest absolute Gasteiger partial charge is 0.458 e. The molecule has 15 nitrogen and oxygen atoms in total. The Bertz CT molecular complexity index is 1440. The Labute approximate surface area is 255 Å². The number of nitrogens with two attached hydrogens (primary N) is 1. The summed E-state index contributed by atoms with van der Waals surface area (Å²) in [7, 11) is 3.29. The summed E-state index contributed by atoms with van der Waals surface area (Å²) in [6.45, 7) is 13.8. The van der Waals surface area contributed by atoms with Gasteiger partial charge in [-0.05, 0) is 45.4 Å². The maximum absolute atomic E-state index is 13.3. The van der Waals surface area contributed by atoms with Crippen molar-refractivity contribution in [3.8, 4) is 0 Å². The molecule has 0 unspecified atom stereocenters. The predicted octanol–water partition coefficient (Wildman–Crippen LogP) is -0.104. The Morgan fingerprint density at radius 2 is 1.84 bits per heavy atom. The molecule has 0 spiro atoms. The van der Waals surface area contributed by atoms with E-state index in [0.29, 0.717) is 5.71 Å². The molecule has 0 radical (unpaired) electrons. The van der Waals surface area contributed by atoms with E-state index in [0.717, 1.165) is 0 Å². The van der Waals surface area contributed by atoms with Gasteiger partial charge in [-0.25, -0.2) is 14.3 Å². The van der Waals surface area contributed by atoms with E-state index in [1.807, 2.05) is 0 Å². The monoisotopic (exact) mass is 615 g/mol. The van der Waals surface area contributed by atoms with Crippen LogP contribution < -0.4 is 32.3 Å². The highest BCUT2D eigenvalue weighted by Gasteiger charge is 2.45. The lowest BCUT2D eigenvalue weighted by Gasteiger charge is -2.33. The minimum Gasteiger partial charge on any atom is -0.458 e. The number of esters is 1. The van der Waals surface area contributed by atoms with E-state index in [2.05, 4.69) is 34.1 Å². The van der Waals surface area contributed by atoms with Crippen molar-refractivity contribution in [1.29, 1.82) is 0 Å². The van der Waals surface area contributed by atoms with Crippen molar-refractivity contribution in [2.45, 2.75) is 58.4 Å². The summed E-state index contributed by atoms with van der Waals surface area (Å²) in [5, 5.41) is 20.0. The fourth-order valence-electron chi connectivity index (χ4n) is 4.07. The van der Waals surface area contributed by atoms with Gasteiger partial charge in [0, 0.05) is 38.5 Å². The van der Waals surface area contributed by atoms with Gasteiger partial charge < -0.3 is 41.3 Å². The van der Waals surface area contributed by atoms with Gasteiger partial charge in [0.25, 0.3) is 5.56 Å². The van der Waals surface area contributed by atoms with Crippen molar-refractivity contribution in [3.63, 3.8) is 0 Å². The maximum Gasteiger partial charge on any atom is 0.412 e. The number of cyclic esters (lactones) is 1. The summed E-state index contributed by atoms with van der Waals surface area (Å²) < 4.78 is 11.5. The second-order valence-corrected chi connectivity index (χ2v) is 10.3. The van der Waals surface area contributed by atoms with Crippen LogP contribution in [0.5, 0.6) is 0 Å². The number of ether oxygens (including phenoxy) is 2. The number of carbonyl (C=O) groups is 4. The van der Waals surface area contributed by atoms with Crippen LogP contribution in [-0.2, 0) is 36.1 Å². The van der Waals surface area contributed by atoms with Gasteiger partial charge in [-0.3, -0.25) is 19.4 Å². The van der Waals surface area contributed by atoms with E-state index in [1.165, 1.54) is 41.8 Å². The molecule has 240 valence electrons. The number of nitrogens with zero attached hydrogens (tertiary/aromatic N) is 3. The first-order valence-electron chi connectivity index (χ1n) is 13.8. The lowest BCUT2D eigenvalue weighted by molar-refractivity contribution is -0.172. The first-order chi connectivity index (χ1) is 20.5. The Morgan fingerprint density at radius 3 is 2.43 bits per heavy atom. The first-order valence-corrected chi connectivity index (χ1v) is 13.8. The van der Waals surface area contributed by atoms with Crippen molar-refractivity contribution in [3.05, 3.63) is 64.3 Å². The molecule has 0 saturated carbocycles. The second kappa shape index (κ2) is 15.1. The quantitative estimate of drug-likeness (QED) is 0.0654. The highest BCUT2D eigenvalue weighted by molar-refractivity contribution is 5.96. The molecule has 44 heavy (non-hydrogen) atoms. The van der Waals surface area contributed by atoms with Gasteiger partial charge in [-0.2, -0.15) is 0 Å². The third kappa shape index (κ3) is 8.64. The molecular formula is C29H41N7O8. The molecule has 3 atom stereocenters. The average Bonchev–Trinajstić information content (AvgIpc) is 2.95. The summed E-state index contributed by atoms with van der Waals surface area (Å²) >= 11 is 0. The molecule has 0 fully saturated rings. The molecule has 6 N–H and O–H groups in total. The van der Waals surface area contributed by atoms with Gasteiger partial charge in [0.15, 0.2) is 5.60 Å². The van der Waals surface area contributed by atoms with Crippen molar-refractivity contribution < 1.29 is 33.8 Å². The molecule has 15 heteroatoms. The third-order valence-electron chi connectivity index (χ3n) is 6.53. The summed E-state index contributed by atoms with van der Waals surface area (Å²) in [6.07, 6.45) is 2.10. The van der Waals surface area contributed by atoms with Crippen LogP contribution in [0.1, 0.15) is 50.9 Å². The molecule has 0 bridgehead atoms. The standard InChI is InChI=1S/C29H41N7O8/c1-9-29(42)22-14-23(36(35(7)8)26(39)21(22)15-43-27(29)40)19(5)33-16(2)10-11-17(3)44-28(41)32-13-12-31-25(38)20(6)34-24(37)18(4)30/h10-11,14,18,20,42H,3,5,9,12-13,15,30H2,1-2,4,6-8H3,(H,31,38)(H,32,41)(H,34,37)/b11-10-,33-16?/t18-,20-,29-/m0/s1. The van der Waals surface area contributed by atoms with E-state index in [1.54, 1.807) is 27.9 Å². The normalized spacial score (nSPS) is 17.5. The number of aromatic nitrogens is 1. The van der Waals surface area contributed by atoms with Gasteiger partial charge in [0.1, 0.15) is 18.4 Å². The number of allylic oxidation sites excluding steroid dienone is 2. The zero-order valence-corrected chi connectivity index (χ0v) is 25.9. The molecule has 1 aromatic heterocycles. The van der Waals surface area contributed by atoms with Crippen LogP contribution in [0.2, 0.25) is 0 Å². The molecule has 1 aliphatic heterocycles. The summed E-state index contributed by atoms with van der Waals surface area (Å²) in [4.78, 5) is 65.8. The fourth-order valence-corrected chi connectivity index (χ4v) is 4.07. The van der Waals surface area contributed by atoms with Crippen LogP contribution in [-0.4, -0.2) is 78.6 Å². The van der Waals surface area contributed by atoms with Crippen LogP contribution in [0.3, 0.4) is 0 Å². The molecule has 3 amide bonds. The average molecular weight is 616 g/mol. The first kappa shape index (κ1) is 35.4. The van der Waals surface area contributed by atoms with Crippen molar-refractivity contribution in [2.75, 3.05) is 32.2 Å². The number of hydrogen-bond acceptors (Lipinski definition) is 11. The van der Waals surface area contributed by atoms with Gasteiger partial charge in [0.2, 0.25) is 11.8 Å². The topological polar surface area (TPSA) is 207 Å². The van der Waals surface area contributed by atoms with E-state index < -0.39 is 47.1 Å². The number of hydrogen-bond donors (Lipinski definition) is 5. The van der Waals surface area contributed by atoms with E-state index in [-0.39, 0.29) is 54.4 Å². The van der Waals surface area contributed by atoms with Crippen molar-refractivity contribution in [1.82, 2.24) is 20.6 Å². The lowest BCUT2D eigenvalue weighted by atomic mass is 9.86. The van der Waals surface area contributed by atoms with Gasteiger partial charge in [0.05, 0.1) is 23.0 Å². The number of alkyl carbamates (subject to hydrolysis) is 1. The van der Waals surface area contributed by atoms with Crippen molar-refractivity contribution in [2.24, 2.45) is 10.7 Å². The molecule has 2 rings (SSSR count). The molecular weight excluding hydrogens is 574 g/mol. The number of nitrogens with one attached hydrogen (secondary N) is 3. The molecule has 2 heterocycles. The van der Waals surface area contributed by atoms with E-state index >= 15 is 0 Å². The van der Waals surface area contributed by atoms with E-state index in [9.17, 15) is 29.1 Å². The number of aliphatic hydroxyl groups is 1. The highest BCUT2D eigenvalue weighted by Crippen LogP contribution is 2.34. The van der Waals surface area contributed by atoms with Crippen LogP contribution in [0.25, 0.3) is 5.70 Å². The Balaban J connectivity index is 2.02. The molecule has 1 aromatic rings. The zero-order valence-electron chi connectivity index (χ0n) is 25.9. The highest BCUT2D eigenvalue weighted by atomic mass is 16.6. The molecule has 1 aliphatic rings. The Hall–Kier alpha value is -4.76. The number of carbonyl (C=O) groups excluding carboxylic acids is 4. The minimum absolute atomic E-state index is 0.000986. The van der Waals surface area contributed by atoms with Crippen LogP contribution >= 0.6 is 0 Å². The molecule has 0 saturated heterocycles. The SMILES string of the molecule is C=C(/C=C\C(C)=NC(=C)c1cc2c(c(=O)n1N(C)C)COC(=O)[C@]2(O)CC)OC(=O)NCCNC(=O)[C@H](C)NC(=O)[C@H](C)N. The number of amides is 3. The summed E-state index contributed by atoms with van der Waals surface area (Å²) in [5.41, 5.74) is 4.13. The second-order valence-electron chi connectivity index (χ2n) is 10.3. The van der Waals surface area contributed by atoms with Crippen LogP contribution in [0.15, 0.2) is 46.9 Å². The smallest absolute Gasteiger partial charge is 0.412 e. The summed E-state index contributed by atoms with van der Waals surface area (Å²) in [6, 6.07) is -0.0381. The molecule has 0 aromatic carbocycles. The minimum atomic E-state index is -1.98. The van der Waals surface area contributed by atoms with Crippen LogP contribution in [0, 0.1) is 0 Å². The number of aliphatic imine (C=N–C) groups is 1. The predicted molar refractivity (Wildman–Crippen MR) is 164 cm³/mol. The number of pyridine rings is 1. The zero-order chi connectivity index (χ0) is 33.4. The number of fused-ring (bicyclic) bond motifs is 1. The van der Waals surface area contributed by atoms with Gasteiger partial charge in [-0.1, -0.05) is 20.1 Å². The van der Waals surface area contributed by atoms with Crippen molar-refractivity contribution >= 4 is 35.3 Å². The van der Waals surface area contributed by atoms with Gasteiger partial charge in [-0.15, -0.1) is 0 Å². The van der Waals surface area contributed by atoms with E-state index in [4.69, 9.17) is 15.2 Å². The lowest BCUT2D eigenvalue weighted by Crippen LogP contribution is -2.50. The van der Waals surface area contributed by atoms with Crippen LogP contribution in [0.4, 0.5) is 4.79 Å². The Kier molecular flexibility index (Phi) is 12.2. The number of rotatable bonds is 13. The molecule has 0 aliphatic carbocycles. The maximum atomic E-state index is 13.3. The van der Waals surface area contributed by atoms with Gasteiger partial charge >= 0.3 is 12.1 Å². The fraction of sp³-hybridized carbons (Fsp3) is 0.448. The Morgan fingerprint density at radius 1 is 1.20 bits per heavy atom. The summed E-state index contributed by atoms with van der Waals surface area (Å²) in [5.74, 6) is -1.75.